The van der Waals surface area contributed by atoms with Crippen LogP contribution in [0.3, 0.4) is 0 Å². The van der Waals surface area contributed by atoms with Gasteiger partial charge in [-0.15, -0.1) is 0 Å². The lowest BCUT2D eigenvalue weighted by Gasteiger charge is -2.40. The minimum Gasteiger partial charge on any atom is -0.264 e. The number of nitrogens with zero attached hydrogens (tertiary/aromatic N) is 2. The second-order valence-electron chi connectivity index (χ2n) is 8.48. The molecule has 0 radical (unpaired) electrons. The Hall–Kier alpha value is -2.53. The van der Waals surface area contributed by atoms with Crippen LogP contribution in [-0.4, -0.2) is 17.8 Å². The van der Waals surface area contributed by atoms with Crippen LogP contribution in [0.2, 0.25) is 0 Å². The Bertz CT molecular complexity index is 1100. The maximum Gasteiger partial charge on any atom is 0.281 e. The Kier molecular flexibility index (Phi) is 6.24. The molecule has 0 spiro atoms. The van der Waals surface area contributed by atoms with Crippen molar-refractivity contribution in [2.24, 2.45) is 0 Å². The number of aryl methyl sites for hydroxylation is 1. The van der Waals surface area contributed by atoms with Gasteiger partial charge in [0.2, 0.25) is 0 Å². The van der Waals surface area contributed by atoms with Crippen molar-refractivity contribution in [1.29, 1.82) is 0 Å². The van der Waals surface area contributed by atoms with Gasteiger partial charge in [-0.1, -0.05) is 68.7 Å². The summed E-state index contributed by atoms with van der Waals surface area (Å²) in [5.41, 5.74) is 5.36. The fraction of sp³-hybridized carbons (Fsp3) is 0.385. The van der Waals surface area contributed by atoms with Gasteiger partial charge < -0.3 is 0 Å². The van der Waals surface area contributed by atoms with Gasteiger partial charge in [0, 0.05) is 5.70 Å². The topological polar surface area (TPSA) is 40.6 Å². The average molecular weight is 437 g/mol. The van der Waals surface area contributed by atoms with E-state index in [1.807, 2.05) is 30.1 Å². The van der Waals surface area contributed by atoms with E-state index in [4.69, 9.17) is 0 Å². The van der Waals surface area contributed by atoms with E-state index in [-0.39, 0.29) is 6.04 Å². The summed E-state index contributed by atoms with van der Waals surface area (Å²) < 4.78 is 29.5. The van der Waals surface area contributed by atoms with Gasteiger partial charge in [-0.2, -0.15) is 12.8 Å². The molecule has 2 heterocycles. The molecule has 164 valence electrons. The lowest BCUT2D eigenvalue weighted by molar-refractivity contribution is 0.121. The smallest absolute Gasteiger partial charge is 0.264 e. The molecule has 2 aromatic rings. The Morgan fingerprint density at radius 1 is 0.871 bits per heavy atom. The molecule has 0 aromatic heterocycles. The highest BCUT2D eigenvalue weighted by molar-refractivity contribution is 7.89. The first-order valence-electron chi connectivity index (χ1n) is 11.4. The largest absolute Gasteiger partial charge is 0.281 e. The number of hydrazine groups is 1. The molecule has 0 N–H and O–H groups in total. The van der Waals surface area contributed by atoms with Crippen LogP contribution < -0.4 is 0 Å². The van der Waals surface area contributed by atoms with Gasteiger partial charge in [-0.05, 0) is 68.0 Å². The molecule has 0 saturated carbocycles. The lowest BCUT2D eigenvalue weighted by atomic mass is 9.94. The molecular weight excluding hydrogens is 404 g/mol. The van der Waals surface area contributed by atoms with Crippen molar-refractivity contribution in [2.75, 3.05) is 0 Å². The van der Waals surface area contributed by atoms with Crippen molar-refractivity contribution in [1.82, 2.24) is 9.42 Å². The predicted molar refractivity (Wildman–Crippen MR) is 126 cm³/mol. The molecule has 0 fully saturated rings. The summed E-state index contributed by atoms with van der Waals surface area (Å²) in [7, 11) is -3.72. The van der Waals surface area contributed by atoms with E-state index in [0.29, 0.717) is 4.90 Å². The summed E-state index contributed by atoms with van der Waals surface area (Å²) in [6.07, 6.45) is 10.0. The molecule has 31 heavy (non-hydrogen) atoms. The average Bonchev–Trinajstić information content (AvgIpc) is 3.17. The number of hydrogen-bond donors (Lipinski definition) is 0. The third kappa shape index (κ3) is 4.03. The summed E-state index contributed by atoms with van der Waals surface area (Å²) in [5, 5.41) is 2.04. The zero-order valence-corrected chi connectivity index (χ0v) is 19.5. The number of allylic oxidation sites excluding steroid dienone is 2. The third-order valence-electron chi connectivity index (χ3n) is 6.11. The van der Waals surface area contributed by atoms with Crippen molar-refractivity contribution in [3.63, 3.8) is 0 Å². The molecule has 5 heteroatoms. The van der Waals surface area contributed by atoms with Crippen molar-refractivity contribution < 1.29 is 8.42 Å². The first-order valence-corrected chi connectivity index (χ1v) is 12.8. The molecule has 2 aromatic carbocycles. The maximum atomic E-state index is 13.9. The number of hydrogen-bond acceptors (Lipinski definition) is 3. The van der Waals surface area contributed by atoms with E-state index in [9.17, 15) is 8.42 Å². The molecule has 1 unspecified atom stereocenters. The number of unbranched alkanes of at least 4 members (excludes halogenated alkanes) is 2. The zero-order valence-electron chi connectivity index (χ0n) is 18.7. The summed E-state index contributed by atoms with van der Waals surface area (Å²) in [4.78, 5) is 0.342. The first kappa shape index (κ1) is 21.7. The molecule has 4 rings (SSSR count). The third-order valence-corrected chi connectivity index (χ3v) is 7.84. The predicted octanol–water partition coefficient (Wildman–Crippen LogP) is 6.58. The van der Waals surface area contributed by atoms with E-state index in [0.717, 1.165) is 55.5 Å². The summed E-state index contributed by atoms with van der Waals surface area (Å²) in [6.45, 7) is 6.29. The van der Waals surface area contributed by atoms with Gasteiger partial charge in [0.25, 0.3) is 10.0 Å². The van der Waals surface area contributed by atoms with Crippen LogP contribution in [0.5, 0.6) is 0 Å². The van der Waals surface area contributed by atoms with E-state index < -0.39 is 10.0 Å². The summed E-state index contributed by atoms with van der Waals surface area (Å²) >= 11 is 0. The number of rotatable bonds is 8. The van der Waals surface area contributed by atoms with Crippen LogP contribution in [0.15, 0.2) is 70.9 Å². The van der Waals surface area contributed by atoms with E-state index in [1.54, 1.807) is 16.5 Å². The van der Waals surface area contributed by atoms with E-state index in [1.165, 1.54) is 11.1 Å². The first-order chi connectivity index (χ1) is 15.0. The second kappa shape index (κ2) is 8.91. The summed E-state index contributed by atoms with van der Waals surface area (Å²) in [6, 6.07) is 15.5. The van der Waals surface area contributed by atoms with Crippen LogP contribution >= 0.6 is 0 Å². The highest BCUT2D eigenvalue weighted by Gasteiger charge is 2.43. The molecule has 0 aliphatic carbocycles. The van der Waals surface area contributed by atoms with Gasteiger partial charge in [-0.25, -0.2) is 0 Å². The molecule has 2 aliphatic heterocycles. The molecule has 0 saturated heterocycles. The highest BCUT2D eigenvalue weighted by Crippen LogP contribution is 2.46. The molecule has 0 bridgehead atoms. The van der Waals surface area contributed by atoms with Crippen molar-refractivity contribution in [3.8, 4) is 0 Å². The number of sulfonamides is 1. The monoisotopic (exact) mass is 436 g/mol. The van der Waals surface area contributed by atoms with Gasteiger partial charge in [-0.3, -0.25) is 5.01 Å². The standard InChI is InChI=1S/C26H32N2O2S/c1-4-6-11-22-18-21-10-8-9-13-25(21)26-19-23(12-7-5-2)28(27(22)26)31(29,30)24-16-14-20(3)15-17-24/h8-10,13-19,26H,4-7,11-12H2,1-3H3. The molecule has 1 atom stereocenters. The maximum absolute atomic E-state index is 13.9. The van der Waals surface area contributed by atoms with Gasteiger partial charge in [0.15, 0.2) is 0 Å². The van der Waals surface area contributed by atoms with E-state index in [2.05, 4.69) is 44.2 Å². The zero-order chi connectivity index (χ0) is 22.0. The highest BCUT2D eigenvalue weighted by atomic mass is 32.2. The Labute approximate surface area is 186 Å². The normalized spacial score (nSPS) is 17.8. The van der Waals surface area contributed by atoms with Crippen molar-refractivity contribution >= 4 is 16.1 Å². The lowest BCUT2D eigenvalue weighted by Crippen LogP contribution is -2.43. The fourth-order valence-electron chi connectivity index (χ4n) is 4.40. The van der Waals surface area contributed by atoms with Gasteiger partial charge in [0.05, 0.1) is 16.6 Å². The van der Waals surface area contributed by atoms with Crippen LogP contribution in [0.4, 0.5) is 0 Å². The van der Waals surface area contributed by atoms with Crippen LogP contribution in [0.25, 0.3) is 6.08 Å². The van der Waals surface area contributed by atoms with Crippen LogP contribution in [-0.2, 0) is 10.0 Å². The van der Waals surface area contributed by atoms with Crippen molar-refractivity contribution in [2.45, 2.75) is 70.2 Å². The number of fused-ring (bicyclic) bond motifs is 3. The van der Waals surface area contributed by atoms with Crippen molar-refractivity contribution in [3.05, 3.63) is 82.7 Å². The fourth-order valence-corrected chi connectivity index (χ4v) is 5.98. The Morgan fingerprint density at radius 2 is 1.52 bits per heavy atom. The SMILES string of the molecule is CCCCC1=Cc2ccccc2C2C=C(CCCC)N(S(=O)(=O)c3ccc(C)cc3)N12. The van der Waals surface area contributed by atoms with E-state index >= 15 is 0 Å². The Morgan fingerprint density at radius 3 is 2.19 bits per heavy atom. The van der Waals surface area contributed by atoms with Gasteiger partial charge >= 0.3 is 0 Å². The quantitative estimate of drug-likeness (QED) is 0.469. The summed E-state index contributed by atoms with van der Waals surface area (Å²) in [5.74, 6) is 0. The van der Waals surface area contributed by atoms with Crippen LogP contribution in [0, 0.1) is 6.92 Å². The minimum absolute atomic E-state index is 0.0832. The minimum atomic E-state index is -3.72. The van der Waals surface area contributed by atoms with Crippen LogP contribution in [0.1, 0.15) is 75.1 Å². The van der Waals surface area contributed by atoms with Gasteiger partial charge in [0.1, 0.15) is 0 Å². The number of benzene rings is 2. The second-order valence-corrected chi connectivity index (χ2v) is 10.2. The molecular formula is C26H32N2O2S. The molecule has 4 nitrogen and oxygen atoms in total. The Balaban J connectivity index is 1.84. The molecule has 2 aliphatic rings. The molecule has 0 amide bonds.